The second-order valence-corrected chi connectivity index (χ2v) is 8.18. The Morgan fingerprint density at radius 2 is 2.16 bits per heavy atom. The maximum Gasteiger partial charge on any atom is 0.307 e. The number of carboxylic acids is 1. The predicted molar refractivity (Wildman–Crippen MR) is 114 cm³/mol. The van der Waals surface area contributed by atoms with E-state index in [1.807, 2.05) is 47.1 Å². The van der Waals surface area contributed by atoms with Gasteiger partial charge >= 0.3 is 5.97 Å². The number of hydrogen-bond donors (Lipinski definition) is 1. The highest BCUT2D eigenvalue weighted by Gasteiger charge is 2.44. The third-order valence-electron chi connectivity index (χ3n) is 5.99. The molecule has 1 saturated heterocycles. The molecule has 1 aliphatic carbocycles. The van der Waals surface area contributed by atoms with Crippen molar-refractivity contribution in [2.75, 3.05) is 6.61 Å². The Bertz CT molecular complexity index is 1060. The van der Waals surface area contributed by atoms with E-state index in [1.165, 1.54) is 0 Å². The fourth-order valence-electron chi connectivity index (χ4n) is 4.20. The van der Waals surface area contributed by atoms with Crippen molar-refractivity contribution in [1.29, 1.82) is 0 Å². The Morgan fingerprint density at radius 1 is 1.23 bits per heavy atom. The molecule has 0 radical (unpaired) electrons. The van der Waals surface area contributed by atoms with Crippen molar-refractivity contribution >= 4 is 5.97 Å². The van der Waals surface area contributed by atoms with Crippen LogP contribution in [0.3, 0.4) is 0 Å². The van der Waals surface area contributed by atoms with Gasteiger partial charge in [-0.1, -0.05) is 24.3 Å². The smallest absolute Gasteiger partial charge is 0.307 e. The molecule has 7 nitrogen and oxygen atoms in total. The molecule has 1 aliphatic heterocycles. The molecule has 3 atom stereocenters. The van der Waals surface area contributed by atoms with Gasteiger partial charge in [0.1, 0.15) is 12.4 Å². The van der Waals surface area contributed by atoms with E-state index in [0.717, 1.165) is 48.4 Å². The van der Waals surface area contributed by atoms with Crippen molar-refractivity contribution in [1.82, 2.24) is 14.8 Å². The Balaban J connectivity index is 1.23. The zero-order valence-electron chi connectivity index (χ0n) is 17.2. The fraction of sp³-hybridized carbons (Fsp3) is 0.375. The Labute approximate surface area is 180 Å². The second-order valence-electron chi connectivity index (χ2n) is 8.18. The fourth-order valence-corrected chi connectivity index (χ4v) is 4.20. The van der Waals surface area contributed by atoms with Gasteiger partial charge in [-0.3, -0.25) is 9.78 Å². The monoisotopic (exact) mass is 419 g/mol. The van der Waals surface area contributed by atoms with Crippen LogP contribution in [0.2, 0.25) is 0 Å². The number of pyridine rings is 1. The van der Waals surface area contributed by atoms with Gasteiger partial charge < -0.3 is 14.6 Å². The minimum Gasteiger partial charge on any atom is -0.487 e. The van der Waals surface area contributed by atoms with E-state index < -0.39 is 5.97 Å². The van der Waals surface area contributed by atoms with Crippen LogP contribution >= 0.6 is 0 Å². The van der Waals surface area contributed by atoms with Crippen molar-refractivity contribution in [3.63, 3.8) is 0 Å². The van der Waals surface area contributed by atoms with Gasteiger partial charge in [-0.25, -0.2) is 4.68 Å². The number of carbonyl (C=O) groups is 1. The van der Waals surface area contributed by atoms with Gasteiger partial charge in [0.15, 0.2) is 6.23 Å². The Hall–Kier alpha value is -3.19. The lowest BCUT2D eigenvalue weighted by atomic mass is 10.1. The first-order valence-electron chi connectivity index (χ1n) is 10.7. The average Bonchev–Trinajstić information content (AvgIpc) is 3.48. The molecule has 2 aromatic heterocycles. The third-order valence-corrected chi connectivity index (χ3v) is 5.99. The largest absolute Gasteiger partial charge is 0.487 e. The number of aliphatic carboxylic acids is 1. The SMILES string of the molecule is O=C(O)C1CC1c1cccc(COc2ccc(-c3ccnn3C3CCCCO3)nc2)c1. The van der Waals surface area contributed by atoms with E-state index in [4.69, 9.17) is 14.6 Å². The highest BCUT2D eigenvalue weighted by molar-refractivity contribution is 5.75. The molecule has 160 valence electrons. The molecule has 3 aromatic rings. The quantitative estimate of drug-likeness (QED) is 0.610. The van der Waals surface area contributed by atoms with E-state index in [9.17, 15) is 4.79 Å². The van der Waals surface area contributed by atoms with Crippen molar-refractivity contribution in [3.05, 3.63) is 66.0 Å². The zero-order valence-corrected chi connectivity index (χ0v) is 17.2. The molecule has 0 spiro atoms. The highest BCUT2D eigenvalue weighted by Crippen LogP contribution is 2.47. The van der Waals surface area contributed by atoms with Crippen LogP contribution in [0.5, 0.6) is 5.75 Å². The number of rotatable bonds is 7. The van der Waals surface area contributed by atoms with E-state index in [2.05, 4.69) is 10.1 Å². The van der Waals surface area contributed by atoms with Crippen molar-refractivity contribution in [2.24, 2.45) is 5.92 Å². The minimum atomic E-state index is -0.714. The summed E-state index contributed by atoms with van der Waals surface area (Å²) in [7, 11) is 0. The number of carboxylic acid groups (broad SMARTS) is 1. The van der Waals surface area contributed by atoms with Crippen LogP contribution in [0.15, 0.2) is 54.9 Å². The minimum absolute atomic E-state index is 0.0315. The molecule has 2 fully saturated rings. The summed E-state index contributed by atoms with van der Waals surface area (Å²) in [6.07, 6.45) is 7.39. The zero-order chi connectivity index (χ0) is 21.2. The summed E-state index contributed by atoms with van der Waals surface area (Å²) >= 11 is 0. The molecule has 1 N–H and O–H groups in total. The summed E-state index contributed by atoms with van der Waals surface area (Å²) in [5, 5.41) is 13.6. The topological polar surface area (TPSA) is 86.5 Å². The van der Waals surface area contributed by atoms with Gasteiger partial charge in [0.2, 0.25) is 0 Å². The van der Waals surface area contributed by atoms with Gasteiger partial charge in [-0.05, 0) is 60.9 Å². The maximum absolute atomic E-state index is 11.1. The van der Waals surface area contributed by atoms with Crippen molar-refractivity contribution in [3.8, 4) is 17.1 Å². The summed E-state index contributed by atoms with van der Waals surface area (Å²) in [5.41, 5.74) is 3.85. The maximum atomic E-state index is 11.1. The molecule has 2 aliphatic rings. The lowest BCUT2D eigenvalue weighted by Gasteiger charge is -2.24. The molecular formula is C24H25N3O4. The van der Waals surface area contributed by atoms with Crippen LogP contribution in [-0.2, 0) is 16.1 Å². The van der Waals surface area contributed by atoms with Crippen LogP contribution in [0, 0.1) is 5.92 Å². The van der Waals surface area contributed by atoms with Crippen LogP contribution < -0.4 is 4.74 Å². The number of aromatic nitrogens is 3. The van der Waals surface area contributed by atoms with Crippen LogP contribution in [0.25, 0.3) is 11.4 Å². The van der Waals surface area contributed by atoms with Gasteiger partial charge in [-0.15, -0.1) is 0 Å². The molecule has 0 bridgehead atoms. The van der Waals surface area contributed by atoms with E-state index in [1.54, 1.807) is 12.4 Å². The highest BCUT2D eigenvalue weighted by atomic mass is 16.5. The van der Waals surface area contributed by atoms with Crippen LogP contribution in [0.4, 0.5) is 0 Å². The number of ether oxygens (including phenoxy) is 2. The molecule has 1 saturated carbocycles. The molecule has 7 heteroatoms. The summed E-state index contributed by atoms with van der Waals surface area (Å²) in [6.45, 7) is 1.18. The van der Waals surface area contributed by atoms with Crippen molar-refractivity contribution in [2.45, 2.75) is 44.4 Å². The van der Waals surface area contributed by atoms with Crippen LogP contribution in [-0.4, -0.2) is 32.4 Å². The standard InChI is InChI=1S/C24H25N3O4/c28-24(29)20-13-19(20)17-5-3-4-16(12-17)15-31-18-7-8-21(25-14-18)22-9-10-26-27(22)23-6-1-2-11-30-23/h3-5,7-10,12,14,19-20,23H,1-2,6,11,13,15H2,(H,28,29). The normalized spacial score (nSPS) is 22.8. The first kappa shape index (κ1) is 19.8. The first-order valence-corrected chi connectivity index (χ1v) is 10.7. The Kier molecular flexibility index (Phi) is 5.42. The third kappa shape index (κ3) is 4.32. The summed E-state index contributed by atoms with van der Waals surface area (Å²) in [4.78, 5) is 15.7. The van der Waals surface area contributed by atoms with Gasteiger partial charge in [0.25, 0.3) is 0 Å². The lowest BCUT2D eigenvalue weighted by molar-refractivity contribution is -0.138. The molecule has 31 heavy (non-hydrogen) atoms. The van der Waals surface area contributed by atoms with Gasteiger partial charge in [0.05, 0.1) is 23.5 Å². The molecular weight excluding hydrogens is 394 g/mol. The van der Waals surface area contributed by atoms with Gasteiger partial charge in [0, 0.05) is 12.8 Å². The predicted octanol–water partition coefficient (Wildman–Crippen LogP) is 4.41. The van der Waals surface area contributed by atoms with E-state index in [-0.39, 0.29) is 18.1 Å². The second kappa shape index (κ2) is 8.51. The summed E-state index contributed by atoms with van der Waals surface area (Å²) in [5.74, 6) is -0.157. The van der Waals surface area contributed by atoms with E-state index in [0.29, 0.717) is 18.8 Å². The molecule has 0 amide bonds. The summed E-state index contributed by atoms with van der Waals surface area (Å²) in [6, 6.07) is 13.8. The van der Waals surface area contributed by atoms with Gasteiger partial charge in [-0.2, -0.15) is 5.10 Å². The molecule has 3 unspecified atom stereocenters. The number of nitrogens with zero attached hydrogens (tertiary/aromatic N) is 3. The summed E-state index contributed by atoms with van der Waals surface area (Å²) < 4.78 is 13.7. The van der Waals surface area contributed by atoms with Crippen LogP contribution in [0.1, 0.15) is 49.0 Å². The average molecular weight is 419 g/mol. The van der Waals surface area contributed by atoms with E-state index >= 15 is 0 Å². The lowest BCUT2D eigenvalue weighted by Crippen LogP contribution is -2.20. The first-order chi connectivity index (χ1) is 15.2. The Morgan fingerprint density at radius 3 is 2.90 bits per heavy atom. The van der Waals surface area contributed by atoms with Crippen molar-refractivity contribution < 1.29 is 19.4 Å². The number of hydrogen-bond acceptors (Lipinski definition) is 5. The molecule has 5 rings (SSSR count). The molecule has 1 aromatic carbocycles. The number of benzene rings is 1. The molecule has 3 heterocycles.